The van der Waals surface area contributed by atoms with Gasteiger partial charge < -0.3 is 5.32 Å². The largest absolute Gasteiger partial charge is 0.305 e. The fourth-order valence-electron chi connectivity index (χ4n) is 2.53. The van der Waals surface area contributed by atoms with Gasteiger partial charge in [0.05, 0.1) is 6.20 Å². The lowest BCUT2D eigenvalue weighted by molar-refractivity contribution is 0.479. The predicted molar refractivity (Wildman–Crippen MR) is 76.8 cm³/mol. The molecule has 2 aromatic rings. The maximum Gasteiger partial charge on any atom is 0.0535 e. The van der Waals surface area contributed by atoms with E-state index in [0.717, 1.165) is 18.2 Å². The van der Waals surface area contributed by atoms with Gasteiger partial charge in [-0.05, 0) is 38.2 Å². The zero-order valence-electron chi connectivity index (χ0n) is 11.6. The van der Waals surface area contributed by atoms with Crippen molar-refractivity contribution in [2.45, 2.75) is 39.3 Å². The van der Waals surface area contributed by atoms with E-state index < -0.39 is 0 Å². The van der Waals surface area contributed by atoms with Crippen LogP contribution in [0.3, 0.4) is 0 Å². The first kappa shape index (κ1) is 12.4. The van der Waals surface area contributed by atoms with E-state index in [9.17, 15) is 0 Å². The van der Waals surface area contributed by atoms with Crippen LogP contribution in [0, 0.1) is 19.8 Å². The lowest BCUT2D eigenvalue weighted by atomic mass is 10.0. The van der Waals surface area contributed by atoms with Gasteiger partial charge in [0.1, 0.15) is 0 Å². The van der Waals surface area contributed by atoms with Gasteiger partial charge in [0.2, 0.25) is 0 Å². The van der Waals surface area contributed by atoms with Crippen molar-refractivity contribution in [2.24, 2.45) is 5.92 Å². The molecule has 1 aliphatic rings. The molecule has 19 heavy (non-hydrogen) atoms. The van der Waals surface area contributed by atoms with Crippen molar-refractivity contribution in [3.63, 3.8) is 0 Å². The highest BCUT2D eigenvalue weighted by atomic mass is 15.1. The van der Waals surface area contributed by atoms with Crippen LogP contribution >= 0.6 is 0 Å². The van der Waals surface area contributed by atoms with E-state index in [4.69, 9.17) is 0 Å². The second-order valence-corrected chi connectivity index (χ2v) is 5.63. The molecule has 1 heterocycles. The Hall–Kier alpha value is -1.61. The van der Waals surface area contributed by atoms with Gasteiger partial charge in [0.25, 0.3) is 0 Å². The number of hydrogen-bond donors (Lipinski definition) is 2. The SMILES string of the molecule is Cc1ccc([C@H](NCc2cn[nH]c2C)C2CC2)cc1. The predicted octanol–water partition coefficient (Wildman–Crippen LogP) is 3.27. The Morgan fingerprint density at radius 1 is 1.26 bits per heavy atom. The van der Waals surface area contributed by atoms with Gasteiger partial charge in [-0.1, -0.05) is 29.8 Å². The Morgan fingerprint density at radius 3 is 2.58 bits per heavy atom. The number of nitrogens with zero attached hydrogens (tertiary/aromatic N) is 1. The first-order valence-corrected chi connectivity index (χ1v) is 7.03. The summed E-state index contributed by atoms with van der Waals surface area (Å²) in [4.78, 5) is 0. The van der Waals surface area contributed by atoms with Crippen molar-refractivity contribution in [2.75, 3.05) is 0 Å². The summed E-state index contributed by atoms with van der Waals surface area (Å²) in [7, 11) is 0. The molecule has 0 bridgehead atoms. The number of hydrogen-bond acceptors (Lipinski definition) is 2. The van der Waals surface area contributed by atoms with E-state index >= 15 is 0 Å². The van der Waals surface area contributed by atoms with Crippen LogP contribution in [0.2, 0.25) is 0 Å². The van der Waals surface area contributed by atoms with Crippen LogP contribution in [0.5, 0.6) is 0 Å². The topological polar surface area (TPSA) is 40.7 Å². The van der Waals surface area contributed by atoms with Gasteiger partial charge in [-0.3, -0.25) is 5.10 Å². The Morgan fingerprint density at radius 2 is 2.00 bits per heavy atom. The van der Waals surface area contributed by atoms with Crippen LogP contribution in [0.15, 0.2) is 30.5 Å². The Labute approximate surface area is 114 Å². The molecule has 1 fully saturated rings. The fraction of sp³-hybridized carbons (Fsp3) is 0.438. The third-order valence-corrected chi connectivity index (χ3v) is 3.98. The summed E-state index contributed by atoms with van der Waals surface area (Å²) in [6.07, 6.45) is 4.60. The summed E-state index contributed by atoms with van der Waals surface area (Å²) in [5, 5.41) is 10.8. The van der Waals surface area contributed by atoms with Gasteiger partial charge in [-0.2, -0.15) is 5.10 Å². The van der Waals surface area contributed by atoms with Crippen molar-refractivity contribution in [1.29, 1.82) is 0 Å². The highest BCUT2D eigenvalue weighted by Crippen LogP contribution is 2.41. The normalized spacial score (nSPS) is 16.5. The number of benzene rings is 1. The van der Waals surface area contributed by atoms with Gasteiger partial charge in [0, 0.05) is 23.8 Å². The molecule has 3 nitrogen and oxygen atoms in total. The molecule has 0 spiro atoms. The third kappa shape index (κ3) is 2.87. The van der Waals surface area contributed by atoms with E-state index in [-0.39, 0.29) is 0 Å². The summed E-state index contributed by atoms with van der Waals surface area (Å²) in [6.45, 7) is 5.09. The van der Waals surface area contributed by atoms with Crippen LogP contribution < -0.4 is 5.32 Å². The smallest absolute Gasteiger partial charge is 0.0535 e. The van der Waals surface area contributed by atoms with E-state index in [2.05, 4.69) is 53.6 Å². The van der Waals surface area contributed by atoms with Crippen LogP contribution in [0.1, 0.15) is 41.3 Å². The molecule has 0 aliphatic heterocycles. The summed E-state index contributed by atoms with van der Waals surface area (Å²) in [5.41, 5.74) is 5.15. The summed E-state index contributed by atoms with van der Waals surface area (Å²) >= 11 is 0. The molecule has 1 aromatic carbocycles. The molecule has 1 saturated carbocycles. The second kappa shape index (κ2) is 5.17. The number of aromatic amines is 1. The number of rotatable bonds is 5. The fourth-order valence-corrected chi connectivity index (χ4v) is 2.53. The zero-order chi connectivity index (χ0) is 13.2. The summed E-state index contributed by atoms with van der Waals surface area (Å²) < 4.78 is 0. The van der Waals surface area contributed by atoms with Crippen molar-refractivity contribution >= 4 is 0 Å². The first-order chi connectivity index (χ1) is 9.24. The highest BCUT2D eigenvalue weighted by Gasteiger charge is 2.31. The molecule has 0 amide bonds. The molecular weight excluding hydrogens is 234 g/mol. The Bertz CT molecular complexity index is 537. The van der Waals surface area contributed by atoms with Gasteiger partial charge in [0.15, 0.2) is 0 Å². The van der Waals surface area contributed by atoms with Gasteiger partial charge in [-0.25, -0.2) is 0 Å². The molecule has 100 valence electrons. The van der Waals surface area contributed by atoms with Gasteiger partial charge in [-0.15, -0.1) is 0 Å². The summed E-state index contributed by atoms with van der Waals surface area (Å²) in [5.74, 6) is 0.801. The van der Waals surface area contributed by atoms with Crippen molar-refractivity contribution in [3.8, 4) is 0 Å². The average molecular weight is 255 g/mol. The molecule has 0 radical (unpaired) electrons. The Balaban J connectivity index is 1.71. The van der Waals surface area contributed by atoms with E-state index in [1.165, 1.54) is 29.5 Å². The minimum absolute atomic E-state index is 0.481. The lowest BCUT2D eigenvalue weighted by Gasteiger charge is -2.19. The van der Waals surface area contributed by atoms with Crippen molar-refractivity contribution in [3.05, 3.63) is 52.8 Å². The minimum Gasteiger partial charge on any atom is -0.305 e. The molecule has 1 atom stereocenters. The molecule has 3 rings (SSSR count). The third-order valence-electron chi connectivity index (χ3n) is 3.98. The second-order valence-electron chi connectivity index (χ2n) is 5.63. The molecule has 0 unspecified atom stereocenters. The van der Waals surface area contributed by atoms with E-state index in [1.807, 2.05) is 6.20 Å². The molecular formula is C16H21N3. The average Bonchev–Trinajstić information content (AvgIpc) is 3.16. The van der Waals surface area contributed by atoms with E-state index in [0.29, 0.717) is 6.04 Å². The monoisotopic (exact) mass is 255 g/mol. The molecule has 1 aliphatic carbocycles. The van der Waals surface area contributed by atoms with E-state index in [1.54, 1.807) is 0 Å². The minimum atomic E-state index is 0.481. The van der Waals surface area contributed by atoms with Gasteiger partial charge >= 0.3 is 0 Å². The lowest BCUT2D eigenvalue weighted by Crippen LogP contribution is -2.22. The van der Waals surface area contributed by atoms with Crippen LogP contribution in [0.25, 0.3) is 0 Å². The highest BCUT2D eigenvalue weighted by molar-refractivity contribution is 5.26. The first-order valence-electron chi connectivity index (χ1n) is 7.03. The van der Waals surface area contributed by atoms with Crippen LogP contribution in [-0.2, 0) is 6.54 Å². The number of aromatic nitrogens is 2. The van der Waals surface area contributed by atoms with Crippen molar-refractivity contribution < 1.29 is 0 Å². The summed E-state index contributed by atoms with van der Waals surface area (Å²) in [6, 6.07) is 9.40. The van der Waals surface area contributed by atoms with Crippen molar-refractivity contribution in [1.82, 2.24) is 15.5 Å². The zero-order valence-corrected chi connectivity index (χ0v) is 11.6. The maximum atomic E-state index is 4.08. The Kier molecular flexibility index (Phi) is 3.38. The van der Waals surface area contributed by atoms with Crippen LogP contribution in [0.4, 0.5) is 0 Å². The van der Waals surface area contributed by atoms with Crippen LogP contribution in [-0.4, -0.2) is 10.2 Å². The molecule has 2 N–H and O–H groups in total. The quantitative estimate of drug-likeness (QED) is 0.861. The number of nitrogens with one attached hydrogen (secondary N) is 2. The molecule has 0 saturated heterocycles. The number of H-pyrrole nitrogens is 1. The standard InChI is InChI=1S/C16H21N3/c1-11-3-5-13(6-4-11)16(14-7-8-14)17-9-15-10-18-19-12(15)2/h3-6,10,14,16-17H,7-9H2,1-2H3,(H,18,19)/t16-/m0/s1. The number of aryl methyl sites for hydroxylation is 2. The molecule has 1 aromatic heterocycles. The maximum absolute atomic E-state index is 4.08. The molecule has 3 heteroatoms.